The smallest absolute Gasteiger partial charge is 0.244 e. The van der Waals surface area contributed by atoms with E-state index in [1.807, 2.05) is 0 Å². The van der Waals surface area contributed by atoms with Crippen LogP contribution < -0.4 is 5.32 Å². The molecule has 1 heterocycles. The molecule has 1 aliphatic heterocycles. The number of carbonyl (C=O) groups is 1. The van der Waals surface area contributed by atoms with Gasteiger partial charge >= 0.3 is 0 Å². The summed E-state index contributed by atoms with van der Waals surface area (Å²) in [5.41, 5.74) is -0.358. The summed E-state index contributed by atoms with van der Waals surface area (Å²) < 4.78 is 0. The summed E-state index contributed by atoms with van der Waals surface area (Å²) in [6, 6.07) is 0.431. The number of nitrogens with one attached hydrogen (secondary N) is 1. The molecule has 0 aromatic rings. The maximum Gasteiger partial charge on any atom is 0.244 e. The second-order valence-corrected chi connectivity index (χ2v) is 8.26. The molecule has 4 atom stereocenters. The van der Waals surface area contributed by atoms with Gasteiger partial charge in [-0.3, -0.25) is 10.1 Å². The van der Waals surface area contributed by atoms with E-state index in [4.69, 9.17) is 0 Å². The Kier molecular flexibility index (Phi) is 5.02. The van der Waals surface area contributed by atoms with Gasteiger partial charge in [-0.2, -0.15) is 0 Å². The van der Waals surface area contributed by atoms with Crippen LogP contribution >= 0.6 is 0 Å². The van der Waals surface area contributed by atoms with Crippen molar-refractivity contribution in [2.75, 3.05) is 0 Å². The lowest BCUT2D eigenvalue weighted by Gasteiger charge is -2.40. The molecule has 2 fully saturated rings. The van der Waals surface area contributed by atoms with Crippen LogP contribution in [-0.4, -0.2) is 28.6 Å². The zero-order valence-corrected chi connectivity index (χ0v) is 14.8. The molecule has 0 aromatic heterocycles. The summed E-state index contributed by atoms with van der Waals surface area (Å²) in [7, 11) is 0. The van der Waals surface area contributed by atoms with Gasteiger partial charge in [-0.05, 0) is 56.8 Å². The van der Waals surface area contributed by atoms with Gasteiger partial charge in [0.2, 0.25) is 5.91 Å². The molecule has 0 spiro atoms. The summed E-state index contributed by atoms with van der Waals surface area (Å²) in [6.45, 7) is 13.4. The van der Waals surface area contributed by atoms with Gasteiger partial charge in [-0.15, -0.1) is 0 Å². The third-order valence-electron chi connectivity index (χ3n) is 5.48. The van der Waals surface area contributed by atoms with E-state index in [1.165, 1.54) is 19.3 Å². The largest absolute Gasteiger partial charge is 0.323 e. The first-order valence-corrected chi connectivity index (χ1v) is 8.87. The summed E-state index contributed by atoms with van der Waals surface area (Å²) in [6.07, 6.45) is 5.81. The minimum atomic E-state index is -0.358. The van der Waals surface area contributed by atoms with Gasteiger partial charge in [0.05, 0.1) is 11.7 Å². The first kappa shape index (κ1) is 16.8. The van der Waals surface area contributed by atoms with E-state index in [2.05, 4.69) is 51.8 Å². The molecule has 1 N–H and O–H groups in total. The van der Waals surface area contributed by atoms with Gasteiger partial charge in [0.1, 0.15) is 0 Å². The van der Waals surface area contributed by atoms with E-state index in [-0.39, 0.29) is 11.7 Å². The van der Waals surface area contributed by atoms with Crippen molar-refractivity contribution >= 4 is 5.91 Å². The highest BCUT2D eigenvalue weighted by Gasteiger charge is 2.49. The number of nitrogens with zero attached hydrogens (tertiary/aromatic N) is 1. The lowest BCUT2D eigenvalue weighted by atomic mass is 9.79. The molecule has 122 valence electrons. The molecule has 1 aliphatic carbocycles. The van der Waals surface area contributed by atoms with Crippen LogP contribution in [-0.2, 0) is 4.79 Å². The fourth-order valence-electron chi connectivity index (χ4n) is 4.35. The number of hydrogen-bond acceptors (Lipinski definition) is 2. The molecule has 1 saturated carbocycles. The van der Waals surface area contributed by atoms with E-state index in [0.717, 1.165) is 24.7 Å². The average Bonchev–Trinajstić information content (AvgIpc) is 2.60. The molecular formula is C18H34N2O. The highest BCUT2D eigenvalue weighted by Crippen LogP contribution is 2.37. The Labute approximate surface area is 130 Å². The van der Waals surface area contributed by atoms with Crippen LogP contribution in [0.2, 0.25) is 0 Å². The Balaban J connectivity index is 2.22. The summed E-state index contributed by atoms with van der Waals surface area (Å²) in [5, 5.41) is 3.65. The first-order valence-electron chi connectivity index (χ1n) is 8.87. The molecule has 21 heavy (non-hydrogen) atoms. The Bertz CT molecular complexity index is 367. The van der Waals surface area contributed by atoms with Gasteiger partial charge in [-0.25, -0.2) is 0 Å². The average molecular weight is 294 g/mol. The van der Waals surface area contributed by atoms with Crippen molar-refractivity contribution < 1.29 is 4.79 Å². The zero-order chi connectivity index (χ0) is 15.8. The molecule has 3 nitrogen and oxygen atoms in total. The maximum absolute atomic E-state index is 13.0. The SMILES string of the molecule is CCC1(C)NC(CC(C)C)N(C2CC(C)CC(C)C2)C1=O. The molecule has 3 heteroatoms. The Hall–Kier alpha value is -0.570. The van der Waals surface area contributed by atoms with Crippen LogP contribution in [0.4, 0.5) is 0 Å². The van der Waals surface area contributed by atoms with E-state index in [0.29, 0.717) is 17.9 Å². The van der Waals surface area contributed by atoms with Crippen LogP contribution in [0, 0.1) is 17.8 Å². The van der Waals surface area contributed by atoms with Crippen molar-refractivity contribution in [1.29, 1.82) is 0 Å². The Morgan fingerprint density at radius 3 is 2.29 bits per heavy atom. The van der Waals surface area contributed by atoms with Gasteiger partial charge in [0.15, 0.2) is 0 Å². The monoisotopic (exact) mass is 294 g/mol. The van der Waals surface area contributed by atoms with Crippen LogP contribution in [0.1, 0.15) is 73.6 Å². The number of amides is 1. The zero-order valence-electron chi connectivity index (χ0n) is 14.8. The highest BCUT2D eigenvalue weighted by atomic mass is 16.2. The molecule has 1 saturated heterocycles. The van der Waals surface area contributed by atoms with Crippen molar-refractivity contribution in [2.45, 2.75) is 91.4 Å². The van der Waals surface area contributed by atoms with E-state index < -0.39 is 0 Å². The van der Waals surface area contributed by atoms with Gasteiger partial charge in [-0.1, -0.05) is 34.6 Å². The van der Waals surface area contributed by atoms with Crippen LogP contribution in [0.3, 0.4) is 0 Å². The van der Waals surface area contributed by atoms with E-state index >= 15 is 0 Å². The molecule has 0 radical (unpaired) electrons. The van der Waals surface area contributed by atoms with Crippen molar-refractivity contribution in [3.63, 3.8) is 0 Å². The minimum Gasteiger partial charge on any atom is -0.323 e. The topological polar surface area (TPSA) is 32.3 Å². The number of rotatable bonds is 4. The second-order valence-electron chi connectivity index (χ2n) is 8.26. The normalized spacial score (nSPS) is 41.1. The molecular weight excluding hydrogens is 260 g/mol. The molecule has 2 aliphatic rings. The van der Waals surface area contributed by atoms with Gasteiger partial charge < -0.3 is 4.90 Å². The predicted octanol–water partition coefficient (Wildman–Crippen LogP) is 3.78. The van der Waals surface area contributed by atoms with Gasteiger partial charge in [0, 0.05) is 6.04 Å². The standard InChI is InChI=1S/C18H34N2O/c1-7-18(6)17(21)20(16(19-18)8-12(2)3)15-10-13(4)9-14(5)11-15/h12-16,19H,7-11H2,1-6H3. The number of carbonyl (C=O) groups excluding carboxylic acids is 1. The Morgan fingerprint density at radius 1 is 1.24 bits per heavy atom. The second kappa shape index (κ2) is 6.28. The lowest BCUT2D eigenvalue weighted by Crippen LogP contribution is -2.48. The third-order valence-corrected chi connectivity index (χ3v) is 5.48. The van der Waals surface area contributed by atoms with Crippen molar-refractivity contribution in [3.8, 4) is 0 Å². The molecule has 4 unspecified atom stereocenters. The molecule has 0 aromatic carbocycles. The van der Waals surface area contributed by atoms with Crippen LogP contribution in [0.15, 0.2) is 0 Å². The Morgan fingerprint density at radius 2 is 1.81 bits per heavy atom. The fraction of sp³-hybridized carbons (Fsp3) is 0.944. The predicted molar refractivity (Wildman–Crippen MR) is 87.9 cm³/mol. The third kappa shape index (κ3) is 3.44. The molecule has 2 rings (SSSR count). The maximum atomic E-state index is 13.0. The summed E-state index contributed by atoms with van der Waals surface area (Å²) in [5.74, 6) is 2.41. The summed E-state index contributed by atoms with van der Waals surface area (Å²) >= 11 is 0. The fourth-order valence-corrected chi connectivity index (χ4v) is 4.35. The van der Waals surface area contributed by atoms with E-state index in [9.17, 15) is 4.79 Å². The minimum absolute atomic E-state index is 0.227. The quantitative estimate of drug-likeness (QED) is 0.855. The van der Waals surface area contributed by atoms with Crippen LogP contribution in [0.5, 0.6) is 0 Å². The highest BCUT2D eigenvalue weighted by molar-refractivity contribution is 5.88. The number of hydrogen-bond donors (Lipinski definition) is 1. The van der Waals surface area contributed by atoms with Crippen molar-refractivity contribution in [2.24, 2.45) is 17.8 Å². The van der Waals surface area contributed by atoms with Crippen molar-refractivity contribution in [1.82, 2.24) is 10.2 Å². The lowest BCUT2D eigenvalue weighted by molar-refractivity contribution is -0.136. The van der Waals surface area contributed by atoms with Gasteiger partial charge in [0.25, 0.3) is 0 Å². The summed E-state index contributed by atoms with van der Waals surface area (Å²) in [4.78, 5) is 15.3. The van der Waals surface area contributed by atoms with E-state index in [1.54, 1.807) is 0 Å². The van der Waals surface area contributed by atoms with Crippen LogP contribution in [0.25, 0.3) is 0 Å². The first-order chi connectivity index (χ1) is 9.76. The molecule has 1 amide bonds. The van der Waals surface area contributed by atoms with Crippen molar-refractivity contribution in [3.05, 3.63) is 0 Å². The molecule has 0 bridgehead atoms.